The first-order valence-corrected chi connectivity index (χ1v) is 7.94. The Kier molecular flexibility index (Phi) is 3.88. The molecule has 122 valence electrons. The number of H-pyrrole nitrogens is 1. The highest BCUT2D eigenvalue weighted by atomic mass is 16.2. The molecule has 0 unspecified atom stereocenters. The molecule has 0 saturated carbocycles. The van der Waals surface area contributed by atoms with Crippen LogP contribution in [0.25, 0.3) is 22.0 Å². The smallest absolute Gasteiger partial charge is 0.323 e. The van der Waals surface area contributed by atoms with Gasteiger partial charge in [-0.2, -0.15) is 0 Å². The normalized spacial score (nSPS) is 10.6. The Morgan fingerprint density at radius 2 is 1.56 bits per heavy atom. The van der Waals surface area contributed by atoms with E-state index < -0.39 is 0 Å². The summed E-state index contributed by atoms with van der Waals surface area (Å²) in [6.07, 6.45) is 5.31. The highest BCUT2D eigenvalue weighted by molar-refractivity contribution is 6.05. The van der Waals surface area contributed by atoms with E-state index in [1.165, 1.54) is 0 Å². The number of pyridine rings is 1. The van der Waals surface area contributed by atoms with Crippen LogP contribution in [0.4, 0.5) is 16.2 Å². The van der Waals surface area contributed by atoms with Gasteiger partial charge in [-0.25, -0.2) is 4.79 Å². The molecule has 5 nitrogen and oxygen atoms in total. The zero-order chi connectivity index (χ0) is 17.1. The van der Waals surface area contributed by atoms with Crippen molar-refractivity contribution in [3.8, 4) is 11.1 Å². The van der Waals surface area contributed by atoms with Gasteiger partial charge in [0.1, 0.15) is 0 Å². The van der Waals surface area contributed by atoms with Gasteiger partial charge in [-0.1, -0.05) is 30.3 Å². The third-order valence-corrected chi connectivity index (χ3v) is 3.99. The highest BCUT2D eigenvalue weighted by Gasteiger charge is 2.07. The van der Waals surface area contributed by atoms with Gasteiger partial charge in [0, 0.05) is 35.2 Å². The van der Waals surface area contributed by atoms with Crippen molar-refractivity contribution in [3.63, 3.8) is 0 Å². The van der Waals surface area contributed by atoms with Gasteiger partial charge in [0.2, 0.25) is 0 Å². The lowest BCUT2D eigenvalue weighted by Gasteiger charge is -2.08. The zero-order valence-corrected chi connectivity index (χ0v) is 13.4. The molecular formula is C20H16N4O. The fourth-order valence-electron chi connectivity index (χ4n) is 2.75. The molecule has 0 aliphatic carbocycles. The van der Waals surface area contributed by atoms with Crippen molar-refractivity contribution >= 4 is 28.3 Å². The number of nitrogens with zero attached hydrogens (tertiary/aromatic N) is 1. The predicted octanol–water partition coefficient (Wildman–Crippen LogP) is 4.87. The molecule has 2 amide bonds. The Balaban J connectivity index is 1.46. The van der Waals surface area contributed by atoms with Crippen molar-refractivity contribution in [3.05, 3.63) is 79.3 Å². The van der Waals surface area contributed by atoms with E-state index in [2.05, 4.69) is 20.6 Å². The molecule has 0 saturated heterocycles. The quantitative estimate of drug-likeness (QED) is 0.502. The molecule has 0 fully saturated rings. The standard InChI is InChI=1S/C20H16N4O/c25-20(24-19-13-22-18-4-2-1-3-17(18)19)23-16-7-5-14(6-8-16)15-9-11-21-12-10-15/h1-13,22H,(H2,23,24,25). The first-order valence-electron chi connectivity index (χ1n) is 7.94. The average molecular weight is 328 g/mol. The van der Waals surface area contributed by atoms with Gasteiger partial charge in [-0.05, 0) is 41.5 Å². The van der Waals surface area contributed by atoms with Gasteiger partial charge in [-0.3, -0.25) is 4.98 Å². The maximum absolute atomic E-state index is 12.2. The van der Waals surface area contributed by atoms with E-state index >= 15 is 0 Å². The number of nitrogens with one attached hydrogen (secondary N) is 3. The first kappa shape index (κ1) is 15.0. The van der Waals surface area contributed by atoms with Crippen LogP contribution in [0.1, 0.15) is 0 Å². The predicted molar refractivity (Wildman–Crippen MR) is 101 cm³/mol. The fraction of sp³-hybridized carbons (Fsp3) is 0. The molecule has 3 N–H and O–H groups in total. The molecule has 0 spiro atoms. The number of hydrogen-bond donors (Lipinski definition) is 3. The number of para-hydroxylation sites is 1. The molecule has 0 bridgehead atoms. The summed E-state index contributed by atoms with van der Waals surface area (Å²) in [7, 11) is 0. The van der Waals surface area contributed by atoms with E-state index in [4.69, 9.17) is 0 Å². The maximum Gasteiger partial charge on any atom is 0.323 e. The van der Waals surface area contributed by atoms with E-state index in [1.807, 2.05) is 60.7 Å². The van der Waals surface area contributed by atoms with Gasteiger partial charge < -0.3 is 15.6 Å². The molecular weight excluding hydrogens is 312 g/mol. The maximum atomic E-state index is 12.2. The van der Waals surface area contributed by atoms with E-state index in [-0.39, 0.29) is 6.03 Å². The number of benzene rings is 2. The van der Waals surface area contributed by atoms with Gasteiger partial charge in [0.05, 0.1) is 5.69 Å². The molecule has 4 aromatic rings. The second-order valence-corrected chi connectivity index (χ2v) is 5.64. The Labute approximate surface area is 144 Å². The number of anilines is 2. The molecule has 0 atom stereocenters. The topological polar surface area (TPSA) is 69.8 Å². The number of fused-ring (bicyclic) bond motifs is 1. The van der Waals surface area contributed by atoms with Crippen LogP contribution in [0.5, 0.6) is 0 Å². The van der Waals surface area contributed by atoms with Crippen LogP contribution >= 0.6 is 0 Å². The minimum atomic E-state index is -0.276. The fourth-order valence-corrected chi connectivity index (χ4v) is 2.75. The van der Waals surface area contributed by atoms with Gasteiger partial charge in [-0.15, -0.1) is 0 Å². The molecule has 2 heterocycles. The summed E-state index contributed by atoms with van der Waals surface area (Å²) in [5, 5.41) is 6.69. The molecule has 2 aromatic heterocycles. The van der Waals surface area contributed by atoms with Crippen molar-refractivity contribution in [1.82, 2.24) is 9.97 Å². The SMILES string of the molecule is O=C(Nc1ccc(-c2ccncc2)cc1)Nc1c[nH]c2ccccc12. The average Bonchev–Trinajstić information content (AvgIpc) is 3.06. The van der Waals surface area contributed by atoms with Crippen LogP contribution in [-0.4, -0.2) is 16.0 Å². The third-order valence-electron chi connectivity index (χ3n) is 3.99. The van der Waals surface area contributed by atoms with Crippen molar-refractivity contribution in [2.24, 2.45) is 0 Å². The van der Waals surface area contributed by atoms with Crippen molar-refractivity contribution < 1.29 is 4.79 Å². The second-order valence-electron chi connectivity index (χ2n) is 5.64. The van der Waals surface area contributed by atoms with Crippen LogP contribution in [0.15, 0.2) is 79.3 Å². The minimum Gasteiger partial charge on any atom is -0.359 e. The van der Waals surface area contributed by atoms with Crippen LogP contribution in [0, 0.1) is 0 Å². The zero-order valence-electron chi connectivity index (χ0n) is 13.4. The van der Waals surface area contributed by atoms with Crippen LogP contribution in [0.2, 0.25) is 0 Å². The Morgan fingerprint density at radius 3 is 2.36 bits per heavy atom. The van der Waals surface area contributed by atoms with E-state index in [0.717, 1.165) is 33.4 Å². The van der Waals surface area contributed by atoms with E-state index in [9.17, 15) is 4.79 Å². The summed E-state index contributed by atoms with van der Waals surface area (Å²) < 4.78 is 0. The third kappa shape index (κ3) is 3.21. The minimum absolute atomic E-state index is 0.276. The van der Waals surface area contributed by atoms with Crippen molar-refractivity contribution in [2.75, 3.05) is 10.6 Å². The summed E-state index contributed by atoms with van der Waals surface area (Å²) in [5.41, 5.74) is 4.63. The molecule has 25 heavy (non-hydrogen) atoms. The number of carbonyl (C=O) groups excluding carboxylic acids is 1. The lowest BCUT2D eigenvalue weighted by molar-refractivity contribution is 0.262. The molecule has 5 heteroatoms. The second kappa shape index (κ2) is 6.49. The number of aromatic nitrogens is 2. The number of carbonyl (C=O) groups is 1. The van der Waals surface area contributed by atoms with E-state index in [1.54, 1.807) is 18.6 Å². The molecule has 0 aliphatic heterocycles. The Morgan fingerprint density at radius 1 is 0.840 bits per heavy atom. The molecule has 2 aromatic carbocycles. The first-order chi connectivity index (χ1) is 12.3. The summed E-state index contributed by atoms with van der Waals surface area (Å²) in [5.74, 6) is 0. The summed E-state index contributed by atoms with van der Waals surface area (Å²) in [6.45, 7) is 0. The monoisotopic (exact) mass is 328 g/mol. The summed E-state index contributed by atoms with van der Waals surface area (Å²) >= 11 is 0. The lowest BCUT2D eigenvalue weighted by Crippen LogP contribution is -2.19. The number of amides is 2. The number of rotatable bonds is 3. The Hall–Kier alpha value is -3.60. The van der Waals surface area contributed by atoms with Crippen molar-refractivity contribution in [1.29, 1.82) is 0 Å². The summed E-state index contributed by atoms with van der Waals surface area (Å²) in [6, 6.07) is 19.1. The summed E-state index contributed by atoms with van der Waals surface area (Å²) in [4.78, 5) is 19.4. The van der Waals surface area contributed by atoms with Gasteiger partial charge in [0.15, 0.2) is 0 Å². The van der Waals surface area contributed by atoms with Gasteiger partial charge in [0.25, 0.3) is 0 Å². The van der Waals surface area contributed by atoms with Crippen molar-refractivity contribution in [2.45, 2.75) is 0 Å². The Bertz CT molecular complexity index is 1010. The van der Waals surface area contributed by atoms with E-state index in [0.29, 0.717) is 0 Å². The van der Waals surface area contributed by atoms with Crippen LogP contribution in [0.3, 0.4) is 0 Å². The highest BCUT2D eigenvalue weighted by Crippen LogP contribution is 2.23. The number of hydrogen-bond acceptors (Lipinski definition) is 2. The number of urea groups is 1. The van der Waals surface area contributed by atoms with Crippen LogP contribution in [-0.2, 0) is 0 Å². The van der Waals surface area contributed by atoms with Gasteiger partial charge >= 0.3 is 6.03 Å². The molecule has 0 aliphatic rings. The largest absolute Gasteiger partial charge is 0.359 e. The molecule has 0 radical (unpaired) electrons. The molecule has 4 rings (SSSR count). The lowest BCUT2D eigenvalue weighted by atomic mass is 10.1. The number of aromatic amines is 1. The van der Waals surface area contributed by atoms with Crippen LogP contribution < -0.4 is 10.6 Å².